The lowest BCUT2D eigenvalue weighted by Crippen LogP contribution is -2.20. The molecule has 11 heteroatoms. The molecule has 152 valence electrons. The summed E-state index contributed by atoms with van der Waals surface area (Å²) in [5.41, 5.74) is 0.312. The molecule has 3 aromatic rings. The number of aryl methyl sites for hydroxylation is 1. The van der Waals surface area contributed by atoms with Gasteiger partial charge in [0.25, 0.3) is 5.69 Å². The van der Waals surface area contributed by atoms with Crippen molar-refractivity contribution < 1.29 is 17.7 Å². The number of aromatic nitrogens is 2. The van der Waals surface area contributed by atoms with Gasteiger partial charge in [0.2, 0.25) is 10.0 Å². The number of nitrogens with one attached hydrogen (secondary N) is 2. The summed E-state index contributed by atoms with van der Waals surface area (Å²) in [5.74, 6) is 0.123. The third-order valence-electron chi connectivity index (χ3n) is 4.36. The lowest BCUT2D eigenvalue weighted by atomic mass is 10.1. The molecule has 1 heterocycles. The Hall–Kier alpha value is -3.31. The van der Waals surface area contributed by atoms with Crippen molar-refractivity contribution in [3.63, 3.8) is 0 Å². The number of hydrogen-bond donors (Lipinski definition) is 2. The molecule has 0 radical (unpaired) electrons. The van der Waals surface area contributed by atoms with Gasteiger partial charge in [-0.2, -0.15) is 0 Å². The quantitative estimate of drug-likeness (QED) is 0.449. The molecule has 0 aliphatic carbocycles. The highest BCUT2D eigenvalue weighted by Gasteiger charge is 2.25. The number of rotatable bonds is 7. The zero-order chi connectivity index (χ0) is 21.2. The minimum absolute atomic E-state index is 0.0994. The number of imidazole rings is 1. The maximum absolute atomic E-state index is 13.4. The average Bonchev–Trinajstić information content (AvgIpc) is 3.12. The Bertz CT molecular complexity index is 1150. The van der Waals surface area contributed by atoms with Crippen molar-refractivity contribution in [1.29, 1.82) is 0 Å². The number of nitrogens with zero attached hydrogens (tertiary/aromatic N) is 3. The smallest absolute Gasteiger partial charge is 0.293 e. The van der Waals surface area contributed by atoms with Gasteiger partial charge in [0.05, 0.1) is 9.82 Å². The molecular formula is C18H18FN5O4S. The van der Waals surface area contributed by atoms with Crippen LogP contribution < -0.4 is 10.0 Å². The molecule has 0 aliphatic rings. The fourth-order valence-corrected chi connectivity index (χ4v) is 3.58. The van der Waals surface area contributed by atoms with Crippen LogP contribution in [0.15, 0.2) is 59.8 Å². The van der Waals surface area contributed by atoms with E-state index in [-0.39, 0.29) is 10.6 Å². The molecule has 0 aliphatic heterocycles. The normalized spacial score (nSPS) is 12.5. The first-order chi connectivity index (χ1) is 13.7. The number of sulfonamides is 1. The summed E-state index contributed by atoms with van der Waals surface area (Å²) >= 11 is 0. The number of anilines is 1. The number of nitro groups is 1. The number of nitro benzene ring substituents is 1. The Labute approximate surface area is 166 Å². The van der Waals surface area contributed by atoms with E-state index < -0.39 is 32.5 Å². The van der Waals surface area contributed by atoms with Crippen LogP contribution in [0.5, 0.6) is 0 Å². The van der Waals surface area contributed by atoms with Crippen molar-refractivity contribution in [2.45, 2.75) is 10.9 Å². The van der Waals surface area contributed by atoms with Gasteiger partial charge in [-0.15, -0.1) is 0 Å². The summed E-state index contributed by atoms with van der Waals surface area (Å²) in [7, 11) is -0.864. The lowest BCUT2D eigenvalue weighted by Gasteiger charge is -2.20. The van der Waals surface area contributed by atoms with Crippen molar-refractivity contribution >= 4 is 21.4 Å². The van der Waals surface area contributed by atoms with E-state index in [2.05, 4.69) is 15.0 Å². The van der Waals surface area contributed by atoms with E-state index in [1.807, 2.05) is 0 Å². The molecule has 0 spiro atoms. The van der Waals surface area contributed by atoms with E-state index in [1.54, 1.807) is 36.1 Å². The van der Waals surface area contributed by atoms with Crippen LogP contribution in [-0.2, 0) is 17.1 Å². The molecule has 0 fully saturated rings. The van der Waals surface area contributed by atoms with Gasteiger partial charge >= 0.3 is 0 Å². The maximum Gasteiger partial charge on any atom is 0.293 e. The Morgan fingerprint density at radius 3 is 2.45 bits per heavy atom. The maximum atomic E-state index is 13.4. The summed E-state index contributed by atoms with van der Waals surface area (Å²) in [4.78, 5) is 15.0. The van der Waals surface area contributed by atoms with Gasteiger partial charge in [0.1, 0.15) is 23.4 Å². The summed E-state index contributed by atoms with van der Waals surface area (Å²) in [6.07, 6.45) is 3.29. The highest BCUT2D eigenvalue weighted by molar-refractivity contribution is 7.89. The SMILES string of the molecule is CNS(=O)(=O)c1ccc(N[C@H](c2ccc(F)cc2)c2nccn2C)c([N+](=O)[O-])c1. The van der Waals surface area contributed by atoms with Crippen LogP contribution in [0.25, 0.3) is 0 Å². The molecule has 2 N–H and O–H groups in total. The van der Waals surface area contributed by atoms with Crippen LogP contribution >= 0.6 is 0 Å². The van der Waals surface area contributed by atoms with Gasteiger partial charge in [0, 0.05) is 25.5 Å². The molecule has 1 atom stereocenters. The van der Waals surface area contributed by atoms with Crippen molar-refractivity contribution in [2.75, 3.05) is 12.4 Å². The predicted molar refractivity (Wildman–Crippen MR) is 104 cm³/mol. The van der Waals surface area contributed by atoms with E-state index in [0.717, 1.165) is 6.07 Å². The van der Waals surface area contributed by atoms with Crippen LogP contribution in [0.2, 0.25) is 0 Å². The molecular weight excluding hydrogens is 401 g/mol. The summed E-state index contributed by atoms with van der Waals surface area (Å²) in [6.45, 7) is 0. The van der Waals surface area contributed by atoms with Gasteiger partial charge in [-0.1, -0.05) is 12.1 Å². The fourth-order valence-electron chi connectivity index (χ4n) is 2.83. The standard InChI is InChI=1S/C18H18FN5O4S/c1-20-29(27,28)14-7-8-15(16(11-14)24(25)26)22-17(18-21-9-10-23(18)2)12-3-5-13(19)6-4-12/h3-11,17,20,22H,1-2H3/t17-/m1/s1. The van der Waals surface area contributed by atoms with E-state index >= 15 is 0 Å². The van der Waals surface area contributed by atoms with Gasteiger partial charge < -0.3 is 9.88 Å². The third kappa shape index (κ3) is 4.25. The number of hydrogen-bond acceptors (Lipinski definition) is 6. The van der Waals surface area contributed by atoms with Gasteiger partial charge in [0.15, 0.2) is 0 Å². The van der Waals surface area contributed by atoms with E-state index in [9.17, 15) is 22.9 Å². The highest BCUT2D eigenvalue weighted by atomic mass is 32.2. The van der Waals surface area contributed by atoms with Crippen molar-refractivity contribution in [3.8, 4) is 0 Å². The first-order valence-electron chi connectivity index (χ1n) is 8.44. The van der Waals surface area contributed by atoms with Gasteiger partial charge in [-0.3, -0.25) is 10.1 Å². The van der Waals surface area contributed by atoms with E-state index in [4.69, 9.17) is 0 Å². The summed E-state index contributed by atoms with van der Waals surface area (Å²) in [5, 5.41) is 14.6. The molecule has 0 amide bonds. The molecule has 0 bridgehead atoms. The largest absolute Gasteiger partial charge is 0.366 e. The zero-order valence-electron chi connectivity index (χ0n) is 15.5. The molecule has 29 heavy (non-hydrogen) atoms. The minimum Gasteiger partial charge on any atom is -0.366 e. The van der Waals surface area contributed by atoms with Crippen LogP contribution in [0.3, 0.4) is 0 Å². The molecule has 2 aromatic carbocycles. The summed E-state index contributed by atoms with van der Waals surface area (Å²) < 4.78 is 41.2. The fraction of sp³-hybridized carbons (Fsp3) is 0.167. The molecule has 3 rings (SSSR count). The lowest BCUT2D eigenvalue weighted by molar-refractivity contribution is -0.384. The number of benzene rings is 2. The highest BCUT2D eigenvalue weighted by Crippen LogP contribution is 2.33. The van der Waals surface area contributed by atoms with Crippen LogP contribution in [0.1, 0.15) is 17.4 Å². The molecule has 0 saturated carbocycles. The Morgan fingerprint density at radius 1 is 1.21 bits per heavy atom. The van der Waals surface area contributed by atoms with Gasteiger partial charge in [-0.05, 0) is 36.9 Å². The predicted octanol–water partition coefficient (Wildman–Crippen LogP) is 2.58. The Morgan fingerprint density at radius 2 is 1.90 bits per heavy atom. The first-order valence-corrected chi connectivity index (χ1v) is 9.92. The van der Waals surface area contributed by atoms with E-state index in [0.29, 0.717) is 11.4 Å². The van der Waals surface area contributed by atoms with Crippen molar-refractivity contribution in [3.05, 3.63) is 82.2 Å². The minimum atomic E-state index is -3.85. The second-order valence-electron chi connectivity index (χ2n) is 6.17. The second kappa shape index (κ2) is 7.97. The third-order valence-corrected chi connectivity index (χ3v) is 5.78. The van der Waals surface area contributed by atoms with Crippen LogP contribution in [0.4, 0.5) is 15.8 Å². The molecule has 0 unspecified atom stereocenters. The van der Waals surface area contributed by atoms with Crippen molar-refractivity contribution in [1.82, 2.24) is 14.3 Å². The molecule has 1 aromatic heterocycles. The van der Waals surface area contributed by atoms with E-state index in [1.165, 1.54) is 31.3 Å². The zero-order valence-corrected chi connectivity index (χ0v) is 16.4. The van der Waals surface area contributed by atoms with Crippen molar-refractivity contribution in [2.24, 2.45) is 7.05 Å². The van der Waals surface area contributed by atoms with Gasteiger partial charge in [-0.25, -0.2) is 22.5 Å². The molecule has 9 nitrogen and oxygen atoms in total. The van der Waals surface area contributed by atoms with Crippen LogP contribution in [0, 0.1) is 15.9 Å². The van der Waals surface area contributed by atoms with Crippen LogP contribution in [-0.4, -0.2) is 29.9 Å². The average molecular weight is 419 g/mol. The monoisotopic (exact) mass is 419 g/mol. The Kier molecular flexibility index (Phi) is 5.62. The summed E-state index contributed by atoms with van der Waals surface area (Å²) in [6, 6.07) is 8.59. The number of halogens is 1. The topological polar surface area (TPSA) is 119 Å². The Balaban J connectivity index is 2.09. The first kappa shape index (κ1) is 20.4. The second-order valence-corrected chi connectivity index (χ2v) is 8.06. The molecule has 0 saturated heterocycles.